The number of aromatic nitrogens is 2. The van der Waals surface area contributed by atoms with Gasteiger partial charge in [0.15, 0.2) is 0 Å². The van der Waals surface area contributed by atoms with E-state index in [1.54, 1.807) is 24.5 Å². The highest BCUT2D eigenvalue weighted by molar-refractivity contribution is 5.76. The molecule has 2 aromatic carbocycles. The standard InChI is InChI=1S/C24H24FN3O2/c25-20-10-8-18(9-11-20)23-24(27-14-13-26-23)19-5-4-15-28(17-19)22(29)12-16-30-21-6-2-1-3-7-21/h1-3,6-11,13-14,19H,4-5,12,15-17H2/t19-/m1/s1. The van der Waals surface area contributed by atoms with Gasteiger partial charge in [0, 0.05) is 37.0 Å². The smallest absolute Gasteiger partial charge is 0.226 e. The van der Waals surface area contributed by atoms with Gasteiger partial charge in [-0.25, -0.2) is 4.39 Å². The molecular formula is C24H24FN3O2. The van der Waals surface area contributed by atoms with Crippen LogP contribution in [0.5, 0.6) is 5.75 Å². The Bertz CT molecular complexity index is 979. The Morgan fingerprint density at radius 3 is 2.63 bits per heavy atom. The number of hydrogen-bond acceptors (Lipinski definition) is 4. The zero-order chi connectivity index (χ0) is 20.8. The van der Waals surface area contributed by atoms with Gasteiger partial charge in [0.1, 0.15) is 11.6 Å². The van der Waals surface area contributed by atoms with Gasteiger partial charge in [-0.15, -0.1) is 0 Å². The van der Waals surface area contributed by atoms with Crippen molar-refractivity contribution in [1.82, 2.24) is 14.9 Å². The molecule has 0 N–H and O–H groups in total. The predicted molar refractivity (Wildman–Crippen MR) is 113 cm³/mol. The van der Waals surface area contributed by atoms with Crippen LogP contribution in [-0.4, -0.2) is 40.5 Å². The van der Waals surface area contributed by atoms with Crippen LogP contribution < -0.4 is 4.74 Å². The quantitative estimate of drug-likeness (QED) is 0.608. The number of halogens is 1. The summed E-state index contributed by atoms with van der Waals surface area (Å²) in [5.74, 6) is 0.677. The van der Waals surface area contributed by atoms with Crippen LogP contribution >= 0.6 is 0 Å². The summed E-state index contributed by atoms with van der Waals surface area (Å²) in [7, 11) is 0. The molecule has 154 valence electrons. The molecule has 1 aromatic heterocycles. The van der Waals surface area contributed by atoms with Crippen molar-refractivity contribution in [2.75, 3.05) is 19.7 Å². The Hall–Kier alpha value is -3.28. The third-order valence-corrected chi connectivity index (χ3v) is 5.33. The lowest BCUT2D eigenvalue weighted by Gasteiger charge is -2.33. The zero-order valence-corrected chi connectivity index (χ0v) is 16.7. The molecule has 0 bridgehead atoms. The number of benzene rings is 2. The molecule has 1 fully saturated rings. The molecule has 0 aliphatic carbocycles. The highest BCUT2D eigenvalue weighted by atomic mass is 19.1. The Labute approximate surface area is 175 Å². The van der Waals surface area contributed by atoms with Gasteiger partial charge in [0.2, 0.25) is 5.91 Å². The summed E-state index contributed by atoms with van der Waals surface area (Å²) in [4.78, 5) is 23.7. The van der Waals surface area contributed by atoms with E-state index in [2.05, 4.69) is 9.97 Å². The Kier molecular flexibility index (Phi) is 6.32. The number of para-hydroxylation sites is 1. The summed E-state index contributed by atoms with van der Waals surface area (Å²) >= 11 is 0. The number of amides is 1. The number of hydrogen-bond donors (Lipinski definition) is 0. The fraction of sp³-hybridized carbons (Fsp3) is 0.292. The minimum atomic E-state index is -0.281. The first kappa shape index (κ1) is 20.0. The number of nitrogens with zero attached hydrogens (tertiary/aromatic N) is 3. The minimum absolute atomic E-state index is 0.0860. The molecule has 5 nitrogen and oxygen atoms in total. The second kappa shape index (κ2) is 9.48. The van der Waals surface area contributed by atoms with Crippen LogP contribution in [0.3, 0.4) is 0 Å². The fourth-order valence-corrected chi connectivity index (χ4v) is 3.84. The van der Waals surface area contributed by atoms with Crippen LogP contribution in [0.4, 0.5) is 4.39 Å². The van der Waals surface area contributed by atoms with Gasteiger partial charge in [0.05, 0.1) is 24.4 Å². The van der Waals surface area contributed by atoms with Crippen molar-refractivity contribution in [2.45, 2.75) is 25.2 Å². The summed E-state index contributed by atoms with van der Waals surface area (Å²) in [6, 6.07) is 15.8. The first-order valence-electron chi connectivity index (χ1n) is 10.2. The van der Waals surface area contributed by atoms with Crippen molar-refractivity contribution in [2.24, 2.45) is 0 Å². The van der Waals surface area contributed by atoms with E-state index in [0.717, 1.165) is 42.1 Å². The molecule has 1 saturated heterocycles. The van der Waals surface area contributed by atoms with E-state index in [9.17, 15) is 9.18 Å². The molecule has 0 saturated carbocycles. The van der Waals surface area contributed by atoms with Crippen molar-refractivity contribution in [3.63, 3.8) is 0 Å². The van der Waals surface area contributed by atoms with E-state index in [1.165, 1.54) is 12.1 Å². The van der Waals surface area contributed by atoms with E-state index >= 15 is 0 Å². The molecule has 0 spiro atoms. The van der Waals surface area contributed by atoms with Crippen LogP contribution in [0.25, 0.3) is 11.3 Å². The third kappa shape index (κ3) is 4.82. The van der Waals surface area contributed by atoms with Crippen LogP contribution in [0.1, 0.15) is 30.9 Å². The Balaban J connectivity index is 1.41. The lowest BCUT2D eigenvalue weighted by Crippen LogP contribution is -2.40. The van der Waals surface area contributed by atoms with Crippen molar-refractivity contribution in [3.05, 3.63) is 78.5 Å². The molecule has 0 radical (unpaired) electrons. The SMILES string of the molecule is O=C(CCOc1ccccc1)N1CCC[C@@H](c2nccnc2-c2ccc(F)cc2)C1. The van der Waals surface area contributed by atoms with Gasteiger partial charge in [0.25, 0.3) is 0 Å². The Morgan fingerprint density at radius 1 is 1.07 bits per heavy atom. The molecule has 1 aliphatic rings. The molecule has 6 heteroatoms. The van der Waals surface area contributed by atoms with E-state index in [0.29, 0.717) is 19.6 Å². The van der Waals surface area contributed by atoms with Gasteiger partial charge in [-0.2, -0.15) is 0 Å². The van der Waals surface area contributed by atoms with Crippen molar-refractivity contribution in [3.8, 4) is 17.0 Å². The van der Waals surface area contributed by atoms with Gasteiger partial charge in [-0.1, -0.05) is 18.2 Å². The van der Waals surface area contributed by atoms with Crippen LogP contribution in [-0.2, 0) is 4.79 Å². The second-order valence-electron chi connectivity index (χ2n) is 7.39. The largest absolute Gasteiger partial charge is 0.493 e. The van der Waals surface area contributed by atoms with Crippen molar-refractivity contribution < 1.29 is 13.9 Å². The summed E-state index contributed by atoms with van der Waals surface area (Å²) in [5.41, 5.74) is 2.45. The topological polar surface area (TPSA) is 55.3 Å². The van der Waals surface area contributed by atoms with Gasteiger partial charge in [-0.05, 0) is 49.2 Å². The minimum Gasteiger partial charge on any atom is -0.493 e. The predicted octanol–water partition coefficient (Wildman–Crippen LogP) is 4.46. The average Bonchev–Trinajstić information content (AvgIpc) is 2.80. The van der Waals surface area contributed by atoms with Crippen molar-refractivity contribution in [1.29, 1.82) is 0 Å². The highest BCUT2D eigenvalue weighted by Crippen LogP contribution is 2.32. The number of carbonyl (C=O) groups excluding carboxylic acids is 1. The zero-order valence-electron chi connectivity index (χ0n) is 16.7. The van der Waals surface area contributed by atoms with Gasteiger partial charge in [-0.3, -0.25) is 14.8 Å². The highest BCUT2D eigenvalue weighted by Gasteiger charge is 2.27. The fourth-order valence-electron chi connectivity index (χ4n) is 3.84. The maximum absolute atomic E-state index is 13.3. The van der Waals surface area contributed by atoms with E-state index in [4.69, 9.17) is 4.74 Å². The maximum atomic E-state index is 13.3. The second-order valence-corrected chi connectivity index (χ2v) is 7.39. The number of ether oxygens (including phenoxy) is 1. The summed E-state index contributed by atoms with van der Waals surface area (Å²) in [6.45, 7) is 1.71. The number of rotatable bonds is 6. The average molecular weight is 405 g/mol. The van der Waals surface area contributed by atoms with Crippen molar-refractivity contribution >= 4 is 5.91 Å². The molecular weight excluding hydrogens is 381 g/mol. The monoisotopic (exact) mass is 405 g/mol. The van der Waals surface area contributed by atoms with Crippen LogP contribution in [0.2, 0.25) is 0 Å². The molecule has 0 unspecified atom stereocenters. The molecule has 30 heavy (non-hydrogen) atoms. The molecule has 3 aromatic rings. The summed E-state index contributed by atoms with van der Waals surface area (Å²) in [6.07, 6.45) is 5.52. The molecule has 1 atom stereocenters. The van der Waals surface area contributed by atoms with E-state index in [-0.39, 0.29) is 17.6 Å². The maximum Gasteiger partial charge on any atom is 0.226 e. The van der Waals surface area contributed by atoms with Crippen LogP contribution in [0, 0.1) is 5.82 Å². The van der Waals surface area contributed by atoms with Gasteiger partial charge < -0.3 is 9.64 Å². The third-order valence-electron chi connectivity index (χ3n) is 5.33. The lowest BCUT2D eigenvalue weighted by molar-refractivity contribution is -0.132. The van der Waals surface area contributed by atoms with Gasteiger partial charge >= 0.3 is 0 Å². The first-order valence-corrected chi connectivity index (χ1v) is 10.2. The normalized spacial score (nSPS) is 16.3. The number of likely N-dealkylation sites (tertiary alicyclic amines) is 1. The molecule has 4 rings (SSSR count). The lowest BCUT2D eigenvalue weighted by atomic mass is 9.91. The Morgan fingerprint density at radius 2 is 1.83 bits per heavy atom. The number of carbonyl (C=O) groups is 1. The molecule has 1 aliphatic heterocycles. The van der Waals surface area contributed by atoms with E-state index < -0.39 is 0 Å². The molecule has 1 amide bonds. The molecule has 2 heterocycles. The first-order chi connectivity index (χ1) is 14.7. The summed E-state index contributed by atoms with van der Waals surface area (Å²) in [5, 5.41) is 0. The van der Waals surface area contributed by atoms with Crippen LogP contribution in [0.15, 0.2) is 67.0 Å². The van der Waals surface area contributed by atoms with E-state index in [1.807, 2.05) is 35.2 Å². The summed E-state index contributed by atoms with van der Waals surface area (Å²) < 4.78 is 19.0. The number of piperidine rings is 1.